The Morgan fingerprint density at radius 2 is 2.39 bits per heavy atom. The first-order valence-corrected chi connectivity index (χ1v) is 6.41. The van der Waals surface area contributed by atoms with E-state index < -0.39 is 0 Å². The molecule has 2 N–H and O–H groups in total. The molecule has 0 amide bonds. The Morgan fingerprint density at radius 1 is 1.56 bits per heavy atom. The van der Waals surface area contributed by atoms with Gasteiger partial charge in [0.05, 0.1) is 13.2 Å². The van der Waals surface area contributed by atoms with Gasteiger partial charge in [-0.3, -0.25) is 4.79 Å². The summed E-state index contributed by atoms with van der Waals surface area (Å²) >= 11 is 0. The van der Waals surface area contributed by atoms with Crippen molar-refractivity contribution in [2.45, 2.75) is 32.2 Å². The summed E-state index contributed by atoms with van der Waals surface area (Å²) in [5.74, 6) is 0.0448. The van der Waals surface area contributed by atoms with E-state index in [2.05, 4.69) is 5.32 Å². The van der Waals surface area contributed by atoms with Crippen LogP contribution in [0.2, 0.25) is 0 Å². The quantitative estimate of drug-likeness (QED) is 0.800. The van der Waals surface area contributed by atoms with Gasteiger partial charge in [0.15, 0.2) is 0 Å². The van der Waals surface area contributed by atoms with Crippen molar-refractivity contribution in [3.8, 4) is 5.75 Å². The Morgan fingerprint density at radius 3 is 3.17 bits per heavy atom. The molecule has 4 heteroatoms. The molecule has 0 saturated heterocycles. The Balaban J connectivity index is 2.03. The highest BCUT2D eigenvalue weighted by Gasteiger charge is 2.20. The van der Waals surface area contributed by atoms with E-state index in [4.69, 9.17) is 4.74 Å². The molecule has 0 heterocycles. The van der Waals surface area contributed by atoms with Crippen LogP contribution in [0.25, 0.3) is 0 Å². The van der Waals surface area contributed by atoms with Crippen LogP contribution in [0.4, 0.5) is 0 Å². The SMILES string of the molecule is CCOC(=O)CNC1CCCc2ccc(O)cc21. The standard InChI is InChI=1S/C14H19NO3/c1-2-18-14(17)9-15-13-5-3-4-10-6-7-11(16)8-12(10)13/h6-8,13,15-16H,2-5,9H2,1H3. The second-order valence-electron chi connectivity index (χ2n) is 4.51. The molecule has 0 spiro atoms. The van der Waals surface area contributed by atoms with Crippen molar-refractivity contribution in [3.05, 3.63) is 29.3 Å². The minimum absolute atomic E-state index is 0.130. The van der Waals surface area contributed by atoms with Crippen molar-refractivity contribution in [1.82, 2.24) is 5.32 Å². The number of esters is 1. The minimum atomic E-state index is -0.232. The van der Waals surface area contributed by atoms with Gasteiger partial charge >= 0.3 is 5.97 Å². The number of ether oxygens (including phenoxy) is 1. The second-order valence-corrected chi connectivity index (χ2v) is 4.51. The highest BCUT2D eigenvalue weighted by Crippen LogP contribution is 2.31. The number of carbonyl (C=O) groups is 1. The van der Waals surface area contributed by atoms with Gasteiger partial charge in [0.1, 0.15) is 5.75 Å². The molecule has 1 atom stereocenters. The fourth-order valence-corrected chi connectivity index (χ4v) is 2.42. The van der Waals surface area contributed by atoms with Crippen LogP contribution in [-0.4, -0.2) is 24.2 Å². The normalized spacial score (nSPS) is 18.2. The van der Waals surface area contributed by atoms with Gasteiger partial charge in [0.2, 0.25) is 0 Å². The lowest BCUT2D eigenvalue weighted by Gasteiger charge is -2.26. The number of phenolic OH excluding ortho intramolecular Hbond substituents is 1. The highest BCUT2D eigenvalue weighted by molar-refractivity contribution is 5.71. The first-order valence-electron chi connectivity index (χ1n) is 6.41. The van der Waals surface area contributed by atoms with Crippen molar-refractivity contribution in [2.24, 2.45) is 0 Å². The third-order valence-electron chi connectivity index (χ3n) is 3.24. The van der Waals surface area contributed by atoms with Crippen LogP contribution >= 0.6 is 0 Å². The fourth-order valence-electron chi connectivity index (χ4n) is 2.42. The number of aromatic hydroxyl groups is 1. The van der Waals surface area contributed by atoms with Gasteiger partial charge in [0, 0.05) is 6.04 Å². The zero-order valence-electron chi connectivity index (χ0n) is 10.6. The Bertz CT molecular complexity index is 431. The number of benzene rings is 1. The summed E-state index contributed by atoms with van der Waals surface area (Å²) in [6.07, 6.45) is 3.11. The summed E-state index contributed by atoms with van der Waals surface area (Å²) in [5.41, 5.74) is 2.35. The lowest BCUT2D eigenvalue weighted by atomic mass is 9.87. The van der Waals surface area contributed by atoms with Crippen LogP contribution in [0.1, 0.15) is 36.9 Å². The monoisotopic (exact) mass is 249 g/mol. The van der Waals surface area contributed by atoms with E-state index in [1.54, 1.807) is 19.1 Å². The molecule has 18 heavy (non-hydrogen) atoms. The van der Waals surface area contributed by atoms with Crippen molar-refractivity contribution in [3.63, 3.8) is 0 Å². The average molecular weight is 249 g/mol. The molecule has 2 rings (SSSR count). The number of carbonyl (C=O) groups excluding carboxylic acids is 1. The maximum Gasteiger partial charge on any atom is 0.319 e. The maximum absolute atomic E-state index is 11.3. The van der Waals surface area contributed by atoms with Crippen LogP contribution in [0.3, 0.4) is 0 Å². The number of hydrogen-bond acceptors (Lipinski definition) is 4. The van der Waals surface area contributed by atoms with E-state index in [0.717, 1.165) is 24.8 Å². The molecule has 1 aromatic carbocycles. The number of hydrogen-bond donors (Lipinski definition) is 2. The van der Waals surface area contributed by atoms with Gasteiger partial charge in [-0.05, 0) is 49.4 Å². The van der Waals surface area contributed by atoms with Gasteiger partial charge in [-0.15, -0.1) is 0 Å². The molecule has 1 unspecified atom stereocenters. The molecule has 4 nitrogen and oxygen atoms in total. The molecule has 0 bridgehead atoms. The number of rotatable bonds is 4. The lowest BCUT2D eigenvalue weighted by Crippen LogP contribution is -2.31. The first-order chi connectivity index (χ1) is 8.70. The molecule has 0 saturated carbocycles. The summed E-state index contributed by atoms with van der Waals surface area (Å²) in [4.78, 5) is 11.3. The zero-order valence-corrected chi connectivity index (χ0v) is 10.6. The Hall–Kier alpha value is -1.55. The molecule has 98 valence electrons. The van der Waals surface area contributed by atoms with Gasteiger partial charge in [0.25, 0.3) is 0 Å². The van der Waals surface area contributed by atoms with Crippen molar-refractivity contribution < 1.29 is 14.6 Å². The van der Waals surface area contributed by atoms with Gasteiger partial charge < -0.3 is 15.2 Å². The number of phenols is 1. The van der Waals surface area contributed by atoms with Gasteiger partial charge in [-0.1, -0.05) is 6.07 Å². The number of nitrogens with one attached hydrogen (secondary N) is 1. The van der Waals surface area contributed by atoms with Crippen molar-refractivity contribution >= 4 is 5.97 Å². The van der Waals surface area contributed by atoms with Crippen LogP contribution in [0.5, 0.6) is 5.75 Å². The average Bonchev–Trinajstić information content (AvgIpc) is 2.36. The van der Waals surface area contributed by atoms with E-state index in [9.17, 15) is 9.90 Å². The number of aryl methyl sites for hydroxylation is 1. The fraction of sp³-hybridized carbons (Fsp3) is 0.500. The van der Waals surface area contributed by atoms with Crippen LogP contribution in [0.15, 0.2) is 18.2 Å². The number of fused-ring (bicyclic) bond motifs is 1. The molecule has 0 radical (unpaired) electrons. The Kier molecular flexibility index (Phi) is 4.20. The molecule has 0 aromatic heterocycles. The van der Waals surface area contributed by atoms with Crippen molar-refractivity contribution in [1.29, 1.82) is 0 Å². The van der Waals surface area contributed by atoms with Gasteiger partial charge in [-0.2, -0.15) is 0 Å². The van der Waals surface area contributed by atoms with E-state index in [1.165, 1.54) is 5.56 Å². The molecule has 1 aliphatic rings. The predicted octanol–water partition coefficient (Wildman–Crippen LogP) is 1.92. The topological polar surface area (TPSA) is 58.6 Å². The van der Waals surface area contributed by atoms with E-state index in [0.29, 0.717) is 6.61 Å². The van der Waals surface area contributed by atoms with Crippen molar-refractivity contribution in [2.75, 3.05) is 13.2 Å². The summed E-state index contributed by atoms with van der Waals surface area (Å²) in [7, 11) is 0. The van der Waals surface area contributed by atoms with Gasteiger partial charge in [-0.25, -0.2) is 0 Å². The summed E-state index contributed by atoms with van der Waals surface area (Å²) in [5, 5.41) is 12.8. The third kappa shape index (κ3) is 3.01. The highest BCUT2D eigenvalue weighted by atomic mass is 16.5. The molecule has 0 aliphatic heterocycles. The lowest BCUT2D eigenvalue weighted by molar-refractivity contribution is -0.142. The smallest absolute Gasteiger partial charge is 0.319 e. The minimum Gasteiger partial charge on any atom is -0.508 e. The van der Waals surface area contributed by atoms with E-state index >= 15 is 0 Å². The van der Waals surface area contributed by atoms with Crippen LogP contribution in [0, 0.1) is 0 Å². The maximum atomic E-state index is 11.3. The largest absolute Gasteiger partial charge is 0.508 e. The van der Waals surface area contributed by atoms with Crippen LogP contribution in [-0.2, 0) is 16.0 Å². The van der Waals surface area contributed by atoms with Crippen LogP contribution < -0.4 is 5.32 Å². The zero-order chi connectivity index (χ0) is 13.0. The first kappa shape index (κ1) is 12.9. The summed E-state index contributed by atoms with van der Waals surface area (Å²) in [6.45, 7) is 2.42. The summed E-state index contributed by atoms with van der Waals surface area (Å²) < 4.78 is 4.89. The molecule has 0 fully saturated rings. The summed E-state index contributed by atoms with van der Waals surface area (Å²) in [6, 6.07) is 5.59. The predicted molar refractivity (Wildman–Crippen MR) is 68.4 cm³/mol. The third-order valence-corrected chi connectivity index (χ3v) is 3.24. The molecule has 1 aromatic rings. The second kappa shape index (κ2) is 5.87. The molecular formula is C14H19NO3. The molecular weight excluding hydrogens is 230 g/mol. The van der Waals surface area contributed by atoms with E-state index in [-0.39, 0.29) is 24.3 Å². The molecule has 1 aliphatic carbocycles. The van der Waals surface area contributed by atoms with E-state index in [1.807, 2.05) is 6.07 Å². The Labute approximate surface area is 107 Å².